The van der Waals surface area contributed by atoms with Crippen LogP contribution in [0.15, 0.2) is 47.6 Å². The molecule has 15 atom stereocenters. The highest BCUT2D eigenvalue weighted by molar-refractivity contribution is 6.39. The van der Waals surface area contributed by atoms with Gasteiger partial charge >= 0.3 is 11.9 Å². The van der Waals surface area contributed by atoms with Crippen molar-refractivity contribution in [1.82, 2.24) is 9.80 Å². The maximum Gasteiger partial charge on any atom is 0.329 e. The highest BCUT2D eigenvalue weighted by Crippen LogP contribution is 2.38. The Morgan fingerprint density at radius 3 is 2.24 bits per heavy atom. The van der Waals surface area contributed by atoms with E-state index in [-0.39, 0.29) is 61.2 Å². The zero-order valence-corrected chi connectivity index (χ0v) is 46.8. The molecule has 418 valence electrons. The molecular weight excluding hydrogens is 949 g/mol. The number of carbonyl (C=O) groups excluding carboxylic acids is 6. The fourth-order valence-electron chi connectivity index (χ4n) is 11.2. The largest absolute Gasteiger partial charge is 0.460 e. The highest BCUT2D eigenvalue weighted by atomic mass is 16.6. The number of ether oxygens (including phenoxy) is 6. The van der Waals surface area contributed by atoms with Gasteiger partial charge in [-0.05, 0) is 120 Å². The van der Waals surface area contributed by atoms with Gasteiger partial charge in [-0.15, -0.1) is 0 Å². The Bertz CT molecular complexity index is 2000. The van der Waals surface area contributed by atoms with Gasteiger partial charge in [0, 0.05) is 65.0 Å². The minimum absolute atomic E-state index is 0.0243. The standard InChI is InChI=1S/C58H92N2O14/c1-13-59(14-2)29-27-51(63)73-53-41(8)31-38(5)47(62)35-49(39(6)32-43-24-26-46(61)50(33-43)70-11)72-57(67)45-22-18-19-28-60(45)56(66)55(65)58(68)42(9)23-25-44(74-58)34-48(69-10)37(4)21-17-15-16-20-36(3)30-40(7)52(64)54(53)71-12/h15-17,20-21,31,36,38-40,42-46,48-50,53-54,61,68H,13-14,18-19,22-30,32-35H2,1-12H3/b17-15+,20-16+,37-21-,41-31?/t36?,38?,39?,40?,42?,43?,44?,45?,46?,48?,49?,50?,53?,54?,58-/m0/s1. The fourth-order valence-corrected chi connectivity index (χ4v) is 11.2. The number of hydrogen-bond acceptors (Lipinski definition) is 15. The lowest BCUT2D eigenvalue weighted by Crippen LogP contribution is -2.61. The van der Waals surface area contributed by atoms with Gasteiger partial charge in [0.05, 0.1) is 30.8 Å². The number of aliphatic hydroxyl groups excluding tert-OH is 1. The molecule has 74 heavy (non-hydrogen) atoms. The number of amides is 1. The number of carbonyl (C=O) groups is 6. The molecule has 16 heteroatoms. The lowest BCUT2D eigenvalue weighted by molar-refractivity contribution is -0.265. The summed E-state index contributed by atoms with van der Waals surface area (Å²) in [6.45, 7) is 18.8. The van der Waals surface area contributed by atoms with Crippen molar-refractivity contribution in [2.24, 2.45) is 35.5 Å². The normalized spacial score (nSPS) is 36.2. The highest BCUT2D eigenvalue weighted by Gasteiger charge is 2.53. The van der Waals surface area contributed by atoms with Gasteiger partial charge in [0.25, 0.3) is 11.7 Å². The first kappa shape index (κ1) is 62.6. The van der Waals surface area contributed by atoms with Gasteiger partial charge in [-0.1, -0.05) is 84.9 Å². The van der Waals surface area contributed by atoms with Gasteiger partial charge < -0.3 is 48.4 Å². The summed E-state index contributed by atoms with van der Waals surface area (Å²) in [7, 11) is 4.56. The van der Waals surface area contributed by atoms with E-state index in [1.807, 2.05) is 71.9 Å². The molecule has 1 amide bonds. The molecule has 3 fully saturated rings. The van der Waals surface area contributed by atoms with Crippen LogP contribution in [0, 0.1) is 35.5 Å². The van der Waals surface area contributed by atoms with Crippen molar-refractivity contribution in [2.45, 2.75) is 200 Å². The molecule has 3 aliphatic heterocycles. The number of piperidine rings is 1. The van der Waals surface area contributed by atoms with Crippen LogP contribution in [0.1, 0.15) is 146 Å². The first-order valence-electron chi connectivity index (χ1n) is 27.5. The number of methoxy groups -OCH3 is 3. The first-order chi connectivity index (χ1) is 35.1. The molecule has 2 N–H and O–H groups in total. The lowest BCUT2D eigenvalue weighted by atomic mass is 9.78. The second-order valence-electron chi connectivity index (χ2n) is 21.8. The summed E-state index contributed by atoms with van der Waals surface area (Å²) in [4.78, 5) is 89.1. The third kappa shape index (κ3) is 17.3. The predicted octanol–water partition coefficient (Wildman–Crippen LogP) is 7.46. The van der Waals surface area contributed by atoms with Gasteiger partial charge in [-0.2, -0.15) is 0 Å². The van der Waals surface area contributed by atoms with Crippen molar-refractivity contribution in [1.29, 1.82) is 0 Å². The third-order valence-corrected chi connectivity index (χ3v) is 16.2. The number of rotatable bonds is 12. The number of fused-ring (bicyclic) bond motifs is 3. The summed E-state index contributed by atoms with van der Waals surface area (Å²) in [5.74, 6) is -8.75. The molecule has 0 radical (unpaired) electrons. The van der Waals surface area contributed by atoms with E-state index in [1.54, 1.807) is 41.1 Å². The van der Waals surface area contributed by atoms with Crippen molar-refractivity contribution in [3.8, 4) is 0 Å². The Morgan fingerprint density at radius 2 is 1.58 bits per heavy atom. The molecular formula is C58H92N2O14. The van der Waals surface area contributed by atoms with Crippen LogP contribution in [0.25, 0.3) is 0 Å². The van der Waals surface area contributed by atoms with Crippen molar-refractivity contribution in [2.75, 3.05) is 47.5 Å². The number of hydrogen-bond donors (Lipinski definition) is 2. The number of cyclic esters (lactones) is 1. The molecule has 0 spiro atoms. The number of esters is 2. The lowest BCUT2D eigenvalue weighted by Gasteiger charge is -2.42. The molecule has 16 nitrogen and oxygen atoms in total. The second kappa shape index (κ2) is 30.1. The van der Waals surface area contributed by atoms with E-state index in [2.05, 4.69) is 4.90 Å². The smallest absolute Gasteiger partial charge is 0.329 e. The van der Waals surface area contributed by atoms with E-state index in [0.717, 1.165) is 18.7 Å². The number of allylic oxidation sites excluding steroid dienone is 6. The second-order valence-corrected chi connectivity index (χ2v) is 21.8. The molecule has 14 unspecified atom stereocenters. The number of Topliss-reactive ketones (excluding diaryl/α,β-unsaturated/α-hetero) is 3. The molecule has 2 bridgehead atoms. The van der Waals surface area contributed by atoms with E-state index < -0.39 is 89.8 Å². The van der Waals surface area contributed by atoms with Gasteiger partial charge in [0.15, 0.2) is 18.0 Å². The summed E-state index contributed by atoms with van der Waals surface area (Å²) < 4.78 is 36.1. The SMILES string of the molecule is CCN(CC)CCC(=O)OC1C(C)=CC(C)C(=O)CC(C(C)CC2CCC(O)C(OC)C2)OC(=O)C2CCCCN2C(=O)C(=O)[C@@]2(O)OC(CCC2C)CC(OC)\C(C)=C/C=C/C=C/C(C)CC(C)C(=O)C1OC. The number of nitrogens with zero attached hydrogens (tertiary/aromatic N) is 2. The fraction of sp³-hybridized carbons (Fsp3) is 0.759. The average Bonchev–Trinajstić information content (AvgIpc) is 3.38. The monoisotopic (exact) mass is 1040 g/mol. The third-order valence-electron chi connectivity index (χ3n) is 16.2. The zero-order chi connectivity index (χ0) is 54.9. The van der Waals surface area contributed by atoms with E-state index >= 15 is 0 Å². The van der Waals surface area contributed by atoms with Crippen LogP contribution in [-0.4, -0.2) is 157 Å². The average molecular weight is 1040 g/mol. The number of aliphatic hydroxyl groups is 2. The minimum Gasteiger partial charge on any atom is -0.460 e. The minimum atomic E-state index is -2.45. The van der Waals surface area contributed by atoms with Crippen LogP contribution in [-0.2, 0) is 57.2 Å². The summed E-state index contributed by atoms with van der Waals surface area (Å²) in [6.07, 6.45) is 11.2. The quantitative estimate of drug-likeness (QED) is 0.111. The predicted molar refractivity (Wildman–Crippen MR) is 281 cm³/mol. The van der Waals surface area contributed by atoms with Gasteiger partial charge in [0.1, 0.15) is 17.9 Å². The van der Waals surface area contributed by atoms with Crippen LogP contribution in [0.2, 0.25) is 0 Å². The molecule has 0 aromatic heterocycles. The molecule has 1 saturated carbocycles. The van der Waals surface area contributed by atoms with Gasteiger partial charge in [-0.25, -0.2) is 4.79 Å². The van der Waals surface area contributed by atoms with Crippen LogP contribution in [0.4, 0.5) is 0 Å². The molecule has 2 saturated heterocycles. The Kier molecular flexibility index (Phi) is 25.5. The summed E-state index contributed by atoms with van der Waals surface area (Å²) >= 11 is 0. The summed E-state index contributed by atoms with van der Waals surface area (Å²) in [5.41, 5.74) is 1.32. The molecule has 0 aromatic carbocycles. The van der Waals surface area contributed by atoms with E-state index in [0.29, 0.717) is 76.3 Å². The van der Waals surface area contributed by atoms with Crippen molar-refractivity contribution in [3.05, 3.63) is 47.6 Å². The Hall–Kier alpha value is -3.90. The molecule has 0 aromatic rings. The van der Waals surface area contributed by atoms with Crippen LogP contribution in [0.3, 0.4) is 0 Å². The topological polar surface area (TPSA) is 205 Å². The molecule has 3 heterocycles. The van der Waals surface area contributed by atoms with E-state index in [9.17, 15) is 39.0 Å². The van der Waals surface area contributed by atoms with Crippen LogP contribution in [0.5, 0.6) is 0 Å². The Morgan fingerprint density at radius 1 is 0.865 bits per heavy atom. The summed E-state index contributed by atoms with van der Waals surface area (Å²) in [6, 6.07) is -1.17. The maximum absolute atomic E-state index is 14.6. The van der Waals surface area contributed by atoms with Crippen molar-refractivity contribution in [3.63, 3.8) is 0 Å². The molecule has 4 aliphatic rings. The molecule has 4 rings (SSSR count). The van der Waals surface area contributed by atoms with Crippen LogP contribution >= 0.6 is 0 Å². The zero-order valence-electron chi connectivity index (χ0n) is 46.8. The van der Waals surface area contributed by atoms with E-state index in [1.165, 1.54) is 12.0 Å². The van der Waals surface area contributed by atoms with Crippen LogP contribution < -0.4 is 0 Å². The van der Waals surface area contributed by atoms with Gasteiger partial charge in [0.2, 0.25) is 5.79 Å². The maximum atomic E-state index is 14.6. The number of ketones is 3. The molecule has 1 aliphatic carbocycles. The van der Waals surface area contributed by atoms with Crippen molar-refractivity contribution >= 4 is 35.2 Å². The summed E-state index contributed by atoms with van der Waals surface area (Å²) in [5, 5.41) is 22.6. The Balaban J connectivity index is 1.77. The first-order valence-corrected chi connectivity index (χ1v) is 27.5. The van der Waals surface area contributed by atoms with Gasteiger partial charge in [-0.3, -0.25) is 24.0 Å². The van der Waals surface area contributed by atoms with Crippen molar-refractivity contribution < 1.29 is 67.4 Å². The van der Waals surface area contributed by atoms with E-state index in [4.69, 9.17) is 28.4 Å². The Labute approximate surface area is 442 Å².